The number of aromatic hydroxyl groups is 1. The van der Waals surface area contributed by atoms with Crippen molar-refractivity contribution >= 4 is 17.6 Å². The molecule has 0 aliphatic carbocycles. The number of ether oxygens (including phenoxy) is 1. The van der Waals surface area contributed by atoms with Crippen LogP contribution in [0.5, 0.6) is 5.75 Å². The average Bonchev–Trinajstić information content (AvgIpc) is 3.14. The van der Waals surface area contributed by atoms with Gasteiger partial charge in [0.2, 0.25) is 0 Å². The van der Waals surface area contributed by atoms with Gasteiger partial charge in [-0.05, 0) is 53.3 Å². The van der Waals surface area contributed by atoms with Crippen LogP contribution < -0.4 is 5.32 Å². The molecule has 3 N–H and O–H groups in total. The van der Waals surface area contributed by atoms with Gasteiger partial charge in [-0.3, -0.25) is 4.79 Å². The lowest BCUT2D eigenvalue weighted by Gasteiger charge is -2.36. The van der Waals surface area contributed by atoms with Gasteiger partial charge in [0.05, 0.1) is 5.56 Å². The minimum Gasteiger partial charge on any atom is -0.508 e. The summed E-state index contributed by atoms with van der Waals surface area (Å²) in [5.41, 5.74) is 1.02. The minimum absolute atomic E-state index is 0.0238. The van der Waals surface area contributed by atoms with Crippen LogP contribution in [-0.2, 0) is 28.0 Å². The van der Waals surface area contributed by atoms with E-state index in [0.717, 1.165) is 5.56 Å². The molecule has 6 nitrogen and oxygen atoms in total. The highest BCUT2D eigenvalue weighted by Crippen LogP contribution is 2.35. The van der Waals surface area contributed by atoms with Crippen molar-refractivity contribution in [2.45, 2.75) is 44.3 Å². The minimum atomic E-state index is -1.77. The lowest BCUT2D eigenvalue weighted by Crippen LogP contribution is -2.48. The Morgan fingerprint density at radius 1 is 1.03 bits per heavy atom. The van der Waals surface area contributed by atoms with Gasteiger partial charge in [0.15, 0.2) is 0 Å². The molecule has 0 radical (unpaired) electrons. The van der Waals surface area contributed by atoms with E-state index in [1.807, 2.05) is 44.2 Å². The Balaban J connectivity index is 1.64. The third-order valence-electron chi connectivity index (χ3n) is 6.06. The number of amides is 1. The molecular formula is C27H27NO5. The Labute approximate surface area is 192 Å². The van der Waals surface area contributed by atoms with E-state index in [9.17, 15) is 19.8 Å². The molecule has 0 bridgehead atoms. The number of aliphatic hydroxyl groups is 1. The first kappa shape index (κ1) is 22.6. The summed E-state index contributed by atoms with van der Waals surface area (Å²) in [5, 5.41) is 24.4. The van der Waals surface area contributed by atoms with Gasteiger partial charge in [0.25, 0.3) is 5.91 Å². The van der Waals surface area contributed by atoms with Crippen LogP contribution in [0.15, 0.2) is 72.8 Å². The highest BCUT2D eigenvalue weighted by molar-refractivity contribution is 5.99. The van der Waals surface area contributed by atoms with Gasteiger partial charge in [-0.2, -0.15) is 0 Å². The summed E-state index contributed by atoms with van der Waals surface area (Å²) in [6, 6.07) is 21.2. The van der Waals surface area contributed by atoms with Gasteiger partial charge < -0.3 is 20.3 Å². The number of phenolic OH excluding ortho intramolecular Hbond substituents is 1. The van der Waals surface area contributed by atoms with Gasteiger partial charge in [0.1, 0.15) is 18.0 Å². The second-order valence-corrected chi connectivity index (χ2v) is 9.21. The van der Waals surface area contributed by atoms with E-state index in [-0.39, 0.29) is 31.2 Å². The number of fused-ring (bicyclic) bond motifs is 1. The quantitative estimate of drug-likeness (QED) is 0.470. The first-order valence-corrected chi connectivity index (χ1v) is 10.8. The number of rotatable bonds is 7. The second-order valence-electron chi connectivity index (χ2n) is 9.21. The Morgan fingerprint density at radius 2 is 1.79 bits per heavy atom. The molecule has 1 aliphatic rings. The fourth-order valence-corrected chi connectivity index (χ4v) is 4.41. The van der Waals surface area contributed by atoms with Crippen LogP contribution in [0.3, 0.4) is 0 Å². The molecule has 0 aromatic heterocycles. The van der Waals surface area contributed by atoms with Crippen molar-refractivity contribution in [2.75, 3.05) is 5.32 Å². The maximum Gasteiger partial charge on any atom is 0.338 e. The first-order chi connectivity index (χ1) is 15.7. The van der Waals surface area contributed by atoms with Crippen LogP contribution in [0.1, 0.15) is 47.3 Å². The SMILES string of the molecule is CC(C)(CC(O)(Cc1cccc(O)c1)C(=O)Nc1ccc2c(c1)COC2=O)c1ccccc1. The molecule has 1 heterocycles. The molecule has 170 valence electrons. The summed E-state index contributed by atoms with van der Waals surface area (Å²) in [4.78, 5) is 25.2. The predicted octanol–water partition coefficient (Wildman–Crippen LogP) is 4.34. The maximum atomic E-state index is 13.5. The standard InChI is InChI=1S/C27H27NO5/c1-26(2,20-8-4-3-5-9-20)17-27(32,15-18-7-6-10-22(29)13-18)25(31)28-21-11-12-23-19(14-21)16-33-24(23)30/h3-14,29,32H,15-17H2,1-2H3,(H,28,31). The van der Waals surface area contributed by atoms with Crippen LogP contribution in [0, 0.1) is 0 Å². The Morgan fingerprint density at radius 3 is 2.52 bits per heavy atom. The zero-order valence-electron chi connectivity index (χ0n) is 18.7. The highest BCUT2D eigenvalue weighted by atomic mass is 16.5. The molecule has 33 heavy (non-hydrogen) atoms. The molecule has 1 unspecified atom stereocenters. The smallest absolute Gasteiger partial charge is 0.338 e. The summed E-state index contributed by atoms with van der Waals surface area (Å²) < 4.78 is 5.03. The molecule has 1 atom stereocenters. The summed E-state index contributed by atoms with van der Waals surface area (Å²) in [5.74, 6) is -0.867. The summed E-state index contributed by atoms with van der Waals surface area (Å²) in [7, 11) is 0. The van der Waals surface area contributed by atoms with E-state index in [1.54, 1.807) is 42.5 Å². The Kier molecular flexibility index (Phi) is 5.95. The number of benzene rings is 3. The normalized spacial score (nSPS) is 14.8. The van der Waals surface area contributed by atoms with E-state index in [1.165, 1.54) is 0 Å². The highest BCUT2D eigenvalue weighted by Gasteiger charge is 2.42. The maximum absolute atomic E-state index is 13.5. The third kappa shape index (κ3) is 4.91. The van der Waals surface area contributed by atoms with Crippen molar-refractivity contribution in [1.82, 2.24) is 0 Å². The molecule has 1 aliphatic heterocycles. The lowest BCUT2D eigenvalue weighted by atomic mass is 9.73. The summed E-state index contributed by atoms with van der Waals surface area (Å²) >= 11 is 0. The zero-order chi connectivity index (χ0) is 23.6. The van der Waals surface area contributed by atoms with Gasteiger partial charge >= 0.3 is 5.97 Å². The fourth-order valence-electron chi connectivity index (χ4n) is 4.41. The molecule has 4 rings (SSSR count). The number of anilines is 1. The molecule has 0 saturated carbocycles. The largest absolute Gasteiger partial charge is 0.508 e. The summed E-state index contributed by atoms with van der Waals surface area (Å²) in [6.45, 7) is 4.13. The molecule has 3 aromatic carbocycles. The van der Waals surface area contributed by atoms with Gasteiger partial charge in [-0.15, -0.1) is 0 Å². The molecule has 6 heteroatoms. The third-order valence-corrected chi connectivity index (χ3v) is 6.06. The lowest BCUT2D eigenvalue weighted by molar-refractivity contribution is -0.136. The number of cyclic esters (lactones) is 1. The molecular weight excluding hydrogens is 418 g/mol. The number of carbonyl (C=O) groups is 2. The topological polar surface area (TPSA) is 95.9 Å². The molecule has 3 aromatic rings. The van der Waals surface area contributed by atoms with Crippen LogP contribution in [0.25, 0.3) is 0 Å². The summed E-state index contributed by atoms with van der Waals surface area (Å²) in [6.07, 6.45) is 0.175. The predicted molar refractivity (Wildman–Crippen MR) is 125 cm³/mol. The van der Waals surface area contributed by atoms with Crippen LogP contribution in [-0.4, -0.2) is 27.7 Å². The van der Waals surface area contributed by atoms with Crippen molar-refractivity contribution < 1.29 is 24.5 Å². The monoisotopic (exact) mass is 445 g/mol. The van der Waals surface area contributed by atoms with Crippen LogP contribution >= 0.6 is 0 Å². The van der Waals surface area contributed by atoms with Crippen molar-refractivity contribution in [3.63, 3.8) is 0 Å². The number of phenols is 1. The van der Waals surface area contributed by atoms with E-state index < -0.39 is 16.9 Å². The van der Waals surface area contributed by atoms with E-state index >= 15 is 0 Å². The number of esters is 1. The zero-order valence-corrected chi connectivity index (χ0v) is 18.7. The van der Waals surface area contributed by atoms with Crippen LogP contribution in [0.2, 0.25) is 0 Å². The first-order valence-electron chi connectivity index (χ1n) is 10.8. The van der Waals surface area contributed by atoms with E-state index in [4.69, 9.17) is 4.74 Å². The number of hydrogen-bond acceptors (Lipinski definition) is 5. The number of carbonyl (C=O) groups excluding carboxylic acids is 2. The molecule has 0 spiro atoms. The fraction of sp³-hybridized carbons (Fsp3) is 0.259. The molecule has 0 saturated heterocycles. The Hall–Kier alpha value is -3.64. The number of nitrogens with one attached hydrogen (secondary N) is 1. The Bertz CT molecular complexity index is 1190. The van der Waals surface area contributed by atoms with Crippen molar-refractivity contribution in [3.8, 4) is 5.75 Å². The van der Waals surface area contributed by atoms with E-state index in [0.29, 0.717) is 22.4 Å². The van der Waals surface area contributed by atoms with Crippen LogP contribution in [0.4, 0.5) is 5.69 Å². The molecule has 1 amide bonds. The second kappa shape index (κ2) is 8.71. The van der Waals surface area contributed by atoms with Gasteiger partial charge in [-0.1, -0.05) is 56.3 Å². The van der Waals surface area contributed by atoms with E-state index in [2.05, 4.69) is 5.32 Å². The number of hydrogen-bond donors (Lipinski definition) is 3. The van der Waals surface area contributed by atoms with Crippen molar-refractivity contribution in [1.29, 1.82) is 0 Å². The van der Waals surface area contributed by atoms with Crippen molar-refractivity contribution in [2.24, 2.45) is 0 Å². The molecule has 0 fully saturated rings. The average molecular weight is 446 g/mol. The van der Waals surface area contributed by atoms with Gasteiger partial charge in [0, 0.05) is 17.7 Å². The van der Waals surface area contributed by atoms with Crippen molar-refractivity contribution in [3.05, 3.63) is 95.1 Å². The van der Waals surface area contributed by atoms with Gasteiger partial charge in [-0.25, -0.2) is 4.79 Å².